The van der Waals surface area contributed by atoms with E-state index in [9.17, 15) is 18.0 Å². The average molecular weight is 589 g/mol. The van der Waals surface area contributed by atoms with Gasteiger partial charge in [0.1, 0.15) is 6.04 Å². The zero-order valence-electron chi connectivity index (χ0n) is 24.2. The van der Waals surface area contributed by atoms with E-state index in [0.29, 0.717) is 31.4 Å². The number of hydrogen-bond acceptors (Lipinski definition) is 5. The van der Waals surface area contributed by atoms with E-state index in [1.54, 1.807) is 30.3 Å². The van der Waals surface area contributed by atoms with E-state index in [0.717, 1.165) is 17.7 Å². The third-order valence-electron chi connectivity index (χ3n) is 7.07. The zero-order valence-corrected chi connectivity index (χ0v) is 25.0. The SMILES string of the molecule is CC(C)CC(NS(=O)(=O)Cc1ccccc1)C(=O)NC(/C=C/C(=O)NN1CCc2ccccc21)CCc1ccccc1. The Kier molecular flexibility index (Phi) is 10.9. The van der Waals surface area contributed by atoms with Crippen LogP contribution >= 0.6 is 0 Å². The highest BCUT2D eigenvalue weighted by molar-refractivity contribution is 7.88. The molecule has 1 aliphatic heterocycles. The lowest BCUT2D eigenvalue weighted by molar-refractivity contribution is -0.123. The van der Waals surface area contributed by atoms with E-state index in [1.807, 2.05) is 79.5 Å². The fourth-order valence-electron chi connectivity index (χ4n) is 5.03. The van der Waals surface area contributed by atoms with Gasteiger partial charge in [-0.2, -0.15) is 0 Å². The maximum Gasteiger partial charge on any atom is 0.262 e. The van der Waals surface area contributed by atoms with Gasteiger partial charge < -0.3 is 5.32 Å². The molecule has 2 amide bonds. The summed E-state index contributed by atoms with van der Waals surface area (Å²) in [7, 11) is -3.78. The summed E-state index contributed by atoms with van der Waals surface area (Å²) in [5.74, 6) is -0.857. The predicted molar refractivity (Wildman–Crippen MR) is 167 cm³/mol. The molecule has 2 unspecified atom stereocenters. The molecule has 0 radical (unpaired) electrons. The van der Waals surface area contributed by atoms with Gasteiger partial charge in [0.15, 0.2) is 0 Å². The Hall–Kier alpha value is -3.95. The van der Waals surface area contributed by atoms with Crippen LogP contribution in [0.15, 0.2) is 97.1 Å². The molecular formula is C33H40N4O4S. The van der Waals surface area contributed by atoms with Gasteiger partial charge in [-0.3, -0.25) is 20.0 Å². The second-order valence-electron chi connectivity index (χ2n) is 11.0. The molecule has 3 aromatic carbocycles. The number of rotatable bonds is 14. The number of benzene rings is 3. The number of aryl methyl sites for hydroxylation is 1. The maximum absolute atomic E-state index is 13.5. The first kappa shape index (κ1) is 31.0. The minimum absolute atomic E-state index is 0.0765. The molecule has 3 N–H and O–H groups in total. The number of hydrogen-bond donors (Lipinski definition) is 3. The van der Waals surface area contributed by atoms with E-state index in [2.05, 4.69) is 15.5 Å². The van der Waals surface area contributed by atoms with Crippen LogP contribution in [-0.4, -0.2) is 38.9 Å². The number of amides is 2. The van der Waals surface area contributed by atoms with Crippen molar-refractivity contribution in [3.63, 3.8) is 0 Å². The molecule has 8 nitrogen and oxygen atoms in total. The highest BCUT2D eigenvalue weighted by Gasteiger charge is 2.27. The molecule has 0 spiro atoms. The molecular weight excluding hydrogens is 548 g/mol. The van der Waals surface area contributed by atoms with Crippen LogP contribution in [-0.2, 0) is 38.2 Å². The Labute approximate surface area is 249 Å². The van der Waals surface area contributed by atoms with Gasteiger partial charge in [0, 0.05) is 18.7 Å². The Bertz CT molecular complexity index is 1460. The van der Waals surface area contributed by atoms with Gasteiger partial charge in [0.25, 0.3) is 5.91 Å². The normalized spacial score (nSPS) is 14.5. The van der Waals surface area contributed by atoms with E-state index in [1.165, 1.54) is 11.6 Å². The van der Waals surface area contributed by atoms with Crippen molar-refractivity contribution in [1.29, 1.82) is 0 Å². The Balaban J connectivity index is 1.45. The molecule has 1 aliphatic rings. The minimum atomic E-state index is -3.78. The molecule has 4 rings (SSSR count). The third-order valence-corrected chi connectivity index (χ3v) is 8.43. The molecule has 1 heterocycles. The van der Waals surface area contributed by atoms with Crippen molar-refractivity contribution >= 4 is 27.5 Å². The summed E-state index contributed by atoms with van der Waals surface area (Å²) in [6.45, 7) is 4.58. The maximum atomic E-state index is 13.5. The van der Waals surface area contributed by atoms with E-state index in [-0.39, 0.29) is 17.6 Å². The van der Waals surface area contributed by atoms with Gasteiger partial charge in [-0.1, -0.05) is 98.8 Å². The van der Waals surface area contributed by atoms with Gasteiger partial charge in [-0.25, -0.2) is 13.1 Å². The quantitative estimate of drug-likeness (QED) is 0.244. The number of sulfonamides is 1. The molecule has 2 atom stereocenters. The van der Waals surface area contributed by atoms with Crippen LogP contribution in [0.2, 0.25) is 0 Å². The number of anilines is 1. The molecule has 9 heteroatoms. The highest BCUT2D eigenvalue weighted by Crippen LogP contribution is 2.25. The Morgan fingerprint density at radius 1 is 0.905 bits per heavy atom. The highest BCUT2D eigenvalue weighted by atomic mass is 32.2. The van der Waals surface area contributed by atoms with Crippen molar-refractivity contribution in [2.24, 2.45) is 5.92 Å². The lowest BCUT2D eigenvalue weighted by Crippen LogP contribution is -2.50. The van der Waals surface area contributed by atoms with Crippen LogP contribution in [0, 0.1) is 5.92 Å². The van der Waals surface area contributed by atoms with Crippen molar-refractivity contribution < 1.29 is 18.0 Å². The molecule has 222 valence electrons. The standard InChI is InChI=1S/C33H40N4O4S/c1-25(2)23-30(36-42(40,41)24-27-13-7-4-8-14-27)33(39)34-29(18-17-26-11-5-3-6-12-26)19-20-32(38)35-37-22-21-28-15-9-10-16-31(28)37/h3-16,19-20,25,29-30,36H,17-18,21-24H2,1-2H3,(H,34,39)(H,35,38)/b20-19+. The van der Waals surface area contributed by atoms with Crippen LogP contribution in [0.25, 0.3) is 0 Å². The number of nitrogens with one attached hydrogen (secondary N) is 3. The molecule has 0 fully saturated rings. The van der Waals surface area contributed by atoms with E-state index in [4.69, 9.17) is 0 Å². The number of fused-ring (bicyclic) bond motifs is 1. The first-order valence-electron chi connectivity index (χ1n) is 14.4. The fraction of sp³-hybridized carbons (Fsp3) is 0.333. The van der Waals surface area contributed by atoms with Crippen LogP contribution in [0.5, 0.6) is 0 Å². The minimum Gasteiger partial charge on any atom is -0.348 e. The van der Waals surface area contributed by atoms with Gasteiger partial charge in [0.2, 0.25) is 15.9 Å². The second kappa shape index (κ2) is 14.8. The third kappa shape index (κ3) is 9.56. The van der Waals surface area contributed by atoms with E-state index >= 15 is 0 Å². The molecule has 3 aromatic rings. The molecule has 0 aromatic heterocycles. The fourth-order valence-corrected chi connectivity index (χ4v) is 6.38. The Morgan fingerprint density at radius 3 is 2.24 bits per heavy atom. The Morgan fingerprint density at radius 2 is 1.55 bits per heavy atom. The van der Waals surface area contributed by atoms with Crippen molar-refractivity contribution in [2.45, 2.75) is 57.4 Å². The lowest BCUT2D eigenvalue weighted by Gasteiger charge is -2.23. The largest absolute Gasteiger partial charge is 0.348 e. The van der Waals surface area contributed by atoms with Crippen molar-refractivity contribution in [3.05, 3.63) is 114 Å². The zero-order chi connectivity index (χ0) is 30.0. The van der Waals surface area contributed by atoms with Crippen LogP contribution in [0.3, 0.4) is 0 Å². The number of carbonyl (C=O) groups excluding carboxylic acids is 2. The number of carbonyl (C=O) groups is 2. The molecule has 0 aliphatic carbocycles. The van der Waals surface area contributed by atoms with E-state index < -0.39 is 28.0 Å². The van der Waals surface area contributed by atoms with Crippen molar-refractivity contribution in [3.8, 4) is 0 Å². The summed E-state index contributed by atoms with van der Waals surface area (Å²) < 4.78 is 28.6. The average Bonchev–Trinajstić information content (AvgIpc) is 3.37. The summed E-state index contributed by atoms with van der Waals surface area (Å²) in [6.07, 6.45) is 5.52. The summed E-state index contributed by atoms with van der Waals surface area (Å²) in [5.41, 5.74) is 6.83. The summed E-state index contributed by atoms with van der Waals surface area (Å²) in [6, 6.07) is 25.3. The smallest absolute Gasteiger partial charge is 0.262 e. The second-order valence-corrected chi connectivity index (χ2v) is 12.8. The van der Waals surface area contributed by atoms with Crippen molar-refractivity contribution in [1.82, 2.24) is 15.5 Å². The lowest BCUT2D eigenvalue weighted by atomic mass is 10.0. The number of hydrazine groups is 1. The van der Waals surface area contributed by atoms with Gasteiger partial charge in [0.05, 0.1) is 11.4 Å². The monoisotopic (exact) mass is 588 g/mol. The summed E-state index contributed by atoms with van der Waals surface area (Å²) >= 11 is 0. The van der Waals surface area contributed by atoms with Crippen molar-refractivity contribution in [2.75, 3.05) is 11.6 Å². The summed E-state index contributed by atoms with van der Waals surface area (Å²) in [4.78, 5) is 26.4. The van der Waals surface area contributed by atoms with Gasteiger partial charge >= 0.3 is 0 Å². The number of nitrogens with zero attached hydrogens (tertiary/aromatic N) is 1. The molecule has 0 saturated heterocycles. The van der Waals surface area contributed by atoms with Crippen LogP contribution in [0.1, 0.15) is 43.4 Å². The first-order chi connectivity index (χ1) is 20.2. The van der Waals surface area contributed by atoms with Gasteiger partial charge in [-0.05, 0) is 54.4 Å². The van der Waals surface area contributed by atoms with Gasteiger partial charge in [-0.15, -0.1) is 0 Å². The van der Waals surface area contributed by atoms with Crippen LogP contribution in [0.4, 0.5) is 5.69 Å². The summed E-state index contributed by atoms with van der Waals surface area (Å²) in [5, 5.41) is 4.83. The predicted octanol–water partition coefficient (Wildman–Crippen LogP) is 4.29. The first-order valence-corrected chi connectivity index (χ1v) is 16.1. The van der Waals surface area contributed by atoms with Crippen LogP contribution < -0.4 is 20.5 Å². The number of para-hydroxylation sites is 1. The molecule has 42 heavy (non-hydrogen) atoms. The molecule has 0 saturated carbocycles. The molecule has 0 bridgehead atoms. The topological polar surface area (TPSA) is 108 Å².